The van der Waals surface area contributed by atoms with Crippen molar-refractivity contribution in [3.63, 3.8) is 0 Å². The third kappa shape index (κ3) is 1070. The van der Waals surface area contributed by atoms with Gasteiger partial charge in [-0.05, 0) is 0 Å². The van der Waals surface area contributed by atoms with Crippen LogP contribution in [0.25, 0.3) is 0 Å². The zero-order valence-electron chi connectivity index (χ0n) is 9.03. The van der Waals surface area contributed by atoms with Gasteiger partial charge in [0, 0.05) is 0 Å². The molecule has 0 rings (SSSR count). The van der Waals surface area contributed by atoms with Crippen molar-refractivity contribution in [3.8, 4) is 0 Å². The Morgan fingerprint density at radius 3 is 0.400 bits per heavy atom. The van der Waals surface area contributed by atoms with Gasteiger partial charge in [0.15, 0.2) is 0 Å². The molecule has 0 amide bonds. The number of hydrogen-bond acceptors (Lipinski definition) is 18. The summed E-state index contributed by atoms with van der Waals surface area (Å²) in [5, 5.41) is 54.0. The molecule has 0 bridgehead atoms. The Morgan fingerprint density at radius 1 is 0.400 bits per heavy atom. The van der Waals surface area contributed by atoms with Gasteiger partial charge in [-0.1, -0.05) is 0 Å². The van der Waals surface area contributed by atoms with Gasteiger partial charge in [-0.2, -0.15) is 0 Å². The Morgan fingerprint density at radius 2 is 0.400 bits per heavy atom. The van der Waals surface area contributed by atoms with Crippen LogP contribution in [-0.4, -0.2) is 0 Å². The molecule has 0 saturated carbocycles. The van der Waals surface area contributed by atoms with Crippen LogP contribution in [-0.2, 0) is 22.4 Å². The van der Waals surface area contributed by atoms with E-state index in [1.54, 1.807) is 0 Å². The van der Waals surface area contributed by atoms with E-state index >= 15 is 0 Å². The molecule has 0 unspecified atom stereocenters. The first-order valence-corrected chi connectivity index (χ1v) is 2.19. The number of rotatable bonds is 0. The first-order chi connectivity index (χ1) is 8.49. The fourth-order valence-corrected chi connectivity index (χ4v) is 0. The molecule has 20 heteroatoms. The molecule has 0 aromatic carbocycles. The van der Waals surface area contributed by atoms with E-state index in [0.29, 0.717) is 0 Å². The first kappa shape index (κ1) is 51.8. The Hall–Kier alpha value is -1.86. The predicted octanol–water partition coefficient (Wildman–Crippen LogP) is -1.49. The molecule has 0 spiro atoms. The topological polar surface area (TPSA) is 315 Å². The Kier molecular flexibility index (Phi) is 675. The first-order valence-electron chi connectivity index (χ1n) is 2.19. The minimum absolute atomic E-state index is 0. The molecule has 0 aliphatic rings. The van der Waals surface area contributed by atoms with E-state index in [2.05, 4.69) is 0 Å². The van der Waals surface area contributed by atoms with E-state index in [-0.39, 0.29) is 51.9 Å². The van der Waals surface area contributed by atoms with Crippen LogP contribution in [0.1, 0.15) is 0 Å². The van der Waals surface area contributed by atoms with Crippen molar-refractivity contribution in [2.75, 3.05) is 0 Å². The number of hydrogen-bond donors (Lipinski definition) is 0. The normalized spacial score (nSPS) is 3.60. The summed E-state index contributed by atoms with van der Waals surface area (Å²) in [6.45, 7) is 0. The van der Waals surface area contributed by atoms with Crippen LogP contribution in [0.5, 0.6) is 0 Å². The molecule has 0 aliphatic heterocycles. The molecule has 20 heavy (non-hydrogen) atoms. The third-order valence-corrected chi connectivity index (χ3v) is 0. The molecular formula is N6NaNbO12. The standard InChI is InChI=1S/6HNO2.Na.Nb/c6*2-1-3;;/h6*(H,2,3);;/q;;;;;;+1;+5/p-6. The second-order valence-electron chi connectivity index (χ2n) is 0.447. The molecule has 0 aromatic heterocycles. The molecule has 0 atom stereocenters. The van der Waals surface area contributed by atoms with Crippen molar-refractivity contribution in [1.82, 2.24) is 0 Å². The minimum atomic E-state index is 0. The van der Waals surface area contributed by atoms with Crippen LogP contribution in [0.15, 0.2) is 32.0 Å². The maximum atomic E-state index is 8.00. The van der Waals surface area contributed by atoms with E-state index in [1.165, 1.54) is 0 Å². The SMILES string of the molecule is O=N[O-].O=N[O-].O=N[O-].O=N[O-].O=N[O-].O=N[O-].[Na+].[Nb+5]. The van der Waals surface area contributed by atoms with E-state index in [1.807, 2.05) is 0 Å². The summed E-state index contributed by atoms with van der Waals surface area (Å²) in [5.74, 6) is 0. The van der Waals surface area contributed by atoms with Crippen molar-refractivity contribution in [1.29, 1.82) is 0 Å². The van der Waals surface area contributed by atoms with Gasteiger partial charge >= 0.3 is 51.9 Å². The molecule has 0 heterocycles. The Balaban J connectivity index is -0.0000000141. The summed E-state index contributed by atoms with van der Waals surface area (Å²) in [5.41, 5.74) is 0. The van der Waals surface area contributed by atoms with Crippen LogP contribution >= 0.6 is 0 Å². The van der Waals surface area contributed by atoms with E-state index < -0.39 is 0 Å². The van der Waals surface area contributed by atoms with Gasteiger partial charge in [-0.15, -0.1) is 32.0 Å². The van der Waals surface area contributed by atoms with Gasteiger partial charge in [-0.3, -0.25) is 0 Å². The monoisotopic (exact) mass is 392 g/mol. The molecule has 0 aromatic rings. The Labute approximate surface area is 144 Å². The van der Waals surface area contributed by atoms with E-state index in [0.717, 1.165) is 32.0 Å². The average Bonchev–Trinajstić information content (AvgIpc) is 2.23. The summed E-state index contributed by atoms with van der Waals surface area (Å²) in [7, 11) is 0. The molecule has 18 nitrogen and oxygen atoms in total. The maximum Gasteiger partial charge on any atom is 5.00 e. The van der Waals surface area contributed by atoms with Crippen LogP contribution in [0.3, 0.4) is 0 Å². The van der Waals surface area contributed by atoms with Crippen molar-refractivity contribution in [3.05, 3.63) is 60.7 Å². The molecule has 0 saturated heterocycles. The van der Waals surface area contributed by atoms with E-state index in [4.69, 9.17) is 60.7 Å². The quantitative estimate of drug-likeness (QED) is 0.258. The average molecular weight is 392 g/mol. The van der Waals surface area contributed by atoms with Gasteiger partial charge in [0.05, 0.1) is 0 Å². The fraction of sp³-hybridized carbons (Fsp3) is 0. The summed E-state index contributed by atoms with van der Waals surface area (Å²) in [6, 6.07) is 0. The van der Waals surface area contributed by atoms with Crippen molar-refractivity contribution >= 4 is 0 Å². The zero-order chi connectivity index (χ0) is 16.2. The minimum Gasteiger partial charge on any atom is -0.444 e. The van der Waals surface area contributed by atoms with Crippen molar-refractivity contribution < 1.29 is 51.9 Å². The van der Waals surface area contributed by atoms with Crippen LogP contribution < -0.4 is 29.6 Å². The van der Waals surface area contributed by atoms with Crippen molar-refractivity contribution in [2.24, 2.45) is 32.0 Å². The smallest absolute Gasteiger partial charge is 0.444 e. The largest absolute Gasteiger partial charge is 5.00 e. The second-order valence-corrected chi connectivity index (χ2v) is 0.447. The van der Waals surface area contributed by atoms with Gasteiger partial charge in [0.25, 0.3) is 0 Å². The van der Waals surface area contributed by atoms with Crippen LogP contribution in [0.4, 0.5) is 0 Å². The third-order valence-electron chi connectivity index (χ3n) is 0. The van der Waals surface area contributed by atoms with Gasteiger partial charge < -0.3 is 60.7 Å². The summed E-state index contributed by atoms with van der Waals surface area (Å²) >= 11 is 0. The number of nitrogens with zero attached hydrogens (tertiary/aromatic N) is 6. The maximum absolute atomic E-state index is 8.00. The predicted molar refractivity (Wildman–Crippen MR) is 55.0 cm³/mol. The zero-order valence-corrected chi connectivity index (χ0v) is 13.2. The summed E-state index contributed by atoms with van der Waals surface area (Å²) in [4.78, 5) is 48.0. The van der Waals surface area contributed by atoms with Gasteiger partial charge in [0.1, 0.15) is 0 Å². The fourth-order valence-electron chi connectivity index (χ4n) is 0. The Bertz CT molecular complexity index is 119. The second kappa shape index (κ2) is 260. The molecule has 0 radical (unpaired) electrons. The molecule has 108 valence electrons. The van der Waals surface area contributed by atoms with E-state index in [9.17, 15) is 0 Å². The molecular weight excluding hydrogens is 392 g/mol. The van der Waals surface area contributed by atoms with Crippen molar-refractivity contribution in [2.45, 2.75) is 0 Å². The molecule has 0 N–H and O–H groups in total. The summed E-state index contributed by atoms with van der Waals surface area (Å²) in [6.07, 6.45) is 0. The van der Waals surface area contributed by atoms with Gasteiger partial charge in [0.2, 0.25) is 0 Å². The summed E-state index contributed by atoms with van der Waals surface area (Å²) < 4.78 is 0. The van der Waals surface area contributed by atoms with Gasteiger partial charge in [-0.25, -0.2) is 0 Å². The van der Waals surface area contributed by atoms with Crippen LogP contribution in [0, 0.1) is 60.7 Å². The van der Waals surface area contributed by atoms with Crippen LogP contribution in [0.2, 0.25) is 0 Å². The molecule has 0 fully saturated rings. The molecule has 0 aliphatic carbocycles.